The highest BCUT2D eigenvalue weighted by molar-refractivity contribution is 7.89. The Hall–Kier alpha value is -3.08. The topological polar surface area (TPSA) is 114 Å². The van der Waals surface area contributed by atoms with E-state index in [0.717, 1.165) is 25.7 Å². The van der Waals surface area contributed by atoms with E-state index in [4.69, 9.17) is 5.73 Å². The van der Waals surface area contributed by atoms with Crippen molar-refractivity contribution >= 4 is 26.7 Å². The Balaban J connectivity index is 1.50. The molecule has 1 saturated heterocycles. The van der Waals surface area contributed by atoms with Crippen molar-refractivity contribution < 1.29 is 17.6 Å². The van der Waals surface area contributed by atoms with Crippen LogP contribution in [0.4, 0.5) is 4.39 Å². The molecule has 6 rings (SSSR count). The molecular formula is C29H33FN4O4S. The van der Waals surface area contributed by atoms with Crippen molar-refractivity contribution in [3.8, 4) is 11.1 Å². The number of carbonyl (C=O) groups is 1. The van der Waals surface area contributed by atoms with Crippen molar-refractivity contribution in [3.63, 3.8) is 0 Å². The number of nitrogens with zero attached hydrogens (tertiary/aromatic N) is 2. The van der Waals surface area contributed by atoms with Crippen molar-refractivity contribution in [3.05, 3.63) is 63.8 Å². The van der Waals surface area contributed by atoms with Crippen molar-refractivity contribution in [2.45, 2.75) is 69.0 Å². The van der Waals surface area contributed by atoms with E-state index < -0.39 is 15.8 Å². The predicted molar refractivity (Wildman–Crippen MR) is 148 cm³/mol. The molecule has 2 aromatic carbocycles. The summed E-state index contributed by atoms with van der Waals surface area (Å²) in [6, 6.07) is 7.91. The first kappa shape index (κ1) is 26.2. The number of fused-ring (bicyclic) bond motifs is 1. The molecule has 2 aliphatic carbocycles. The maximum atomic E-state index is 15.0. The van der Waals surface area contributed by atoms with Crippen molar-refractivity contribution in [2.24, 2.45) is 11.7 Å². The Bertz CT molecular complexity index is 1640. The zero-order valence-corrected chi connectivity index (χ0v) is 22.8. The van der Waals surface area contributed by atoms with Gasteiger partial charge >= 0.3 is 0 Å². The molecule has 1 amide bonds. The number of benzene rings is 2. The van der Waals surface area contributed by atoms with Gasteiger partial charge in [0.2, 0.25) is 10.0 Å². The minimum Gasteiger partial charge on any atom is -0.349 e. The highest BCUT2D eigenvalue weighted by Crippen LogP contribution is 2.34. The number of hydrogen-bond donors (Lipinski definition) is 2. The van der Waals surface area contributed by atoms with Gasteiger partial charge in [-0.05, 0) is 92.3 Å². The van der Waals surface area contributed by atoms with Crippen LogP contribution in [-0.4, -0.2) is 48.4 Å². The number of pyridine rings is 1. The highest BCUT2D eigenvalue weighted by atomic mass is 32.2. The third-order valence-electron chi connectivity index (χ3n) is 8.15. The summed E-state index contributed by atoms with van der Waals surface area (Å²) in [7, 11) is -3.93. The predicted octanol–water partition coefficient (Wildman–Crippen LogP) is 3.53. The van der Waals surface area contributed by atoms with Crippen LogP contribution >= 0.6 is 0 Å². The van der Waals surface area contributed by atoms with Gasteiger partial charge < -0.3 is 15.6 Å². The number of sulfonamides is 1. The van der Waals surface area contributed by atoms with Gasteiger partial charge in [-0.25, -0.2) is 12.8 Å². The summed E-state index contributed by atoms with van der Waals surface area (Å²) in [5, 5.41) is 3.48. The molecule has 8 nitrogen and oxygen atoms in total. The lowest BCUT2D eigenvalue weighted by atomic mass is 9.95. The zero-order valence-electron chi connectivity index (χ0n) is 22.0. The van der Waals surface area contributed by atoms with Gasteiger partial charge in [0, 0.05) is 54.3 Å². The minimum atomic E-state index is -3.93. The second kappa shape index (κ2) is 9.83. The highest BCUT2D eigenvalue weighted by Gasteiger charge is 2.32. The second-order valence-electron chi connectivity index (χ2n) is 11.3. The third kappa shape index (κ3) is 5.13. The van der Waals surface area contributed by atoms with Crippen LogP contribution in [-0.2, 0) is 16.6 Å². The number of aromatic nitrogens is 1. The van der Waals surface area contributed by atoms with Crippen LogP contribution in [0.5, 0.6) is 0 Å². The number of halogens is 1. The summed E-state index contributed by atoms with van der Waals surface area (Å²) in [5.74, 6) is -0.489. The van der Waals surface area contributed by atoms with E-state index in [9.17, 15) is 22.4 Å². The number of carbonyl (C=O) groups excluding carboxylic acids is 1. The average Bonchev–Trinajstić information content (AvgIpc) is 3.84. The summed E-state index contributed by atoms with van der Waals surface area (Å²) in [6.45, 7) is 2.73. The van der Waals surface area contributed by atoms with E-state index >= 15 is 0 Å². The van der Waals surface area contributed by atoms with Gasteiger partial charge in [-0.15, -0.1) is 0 Å². The second-order valence-corrected chi connectivity index (χ2v) is 13.2. The molecule has 0 atom stereocenters. The molecule has 0 radical (unpaired) electrons. The molecule has 10 heteroatoms. The van der Waals surface area contributed by atoms with Crippen LogP contribution in [0.2, 0.25) is 0 Å². The Morgan fingerprint density at radius 2 is 1.77 bits per heavy atom. The van der Waals surface area contributed by atoms with Crippen molar-refractivity contribution in [2.75, 3.05) is 13.1 Å². The van der Waals surface area contributed by atoms with Crippen LogP contribution in [0.15, 0.2) is 46.2 Å². The standard InChI is InChI=1S/C29H33FN4O4S/c1-17-24(13-20(14-26(17)30)28(35)32-22-5-6-22)19-4-7-23-25(12-19)27(16-33(29(23)36)15-18-2-3-18)39(37,38)34-10-8-21(31)9-11-34/h4,7,12-14,16,18,21-22H,2-3,5-6,8-11,15,31H2,1H3,(H,32,35). The lowest BCUT2D eigenvalue weighted by Gasteiger charge is -2.30. The molecule has 0 spiro atoms. The molecule has 3 fully saturated rings. The van der Waals surface area contributed by atoms with Crippen LogP contribution in [0.1, 0.15) is 54.4 Å². The number of hydrogen-bond acceptors (Lipinski definition) is 5. The first-order valence-electron chi connectivity index (χ1n) is 13.7. The van der Waals surface area contributed by atoms with Crippen molar-refractivity contribution in [1.29, 1.82) is 0 Å². The summed E-state index contributed by atoms with van der Waals surface area (Å²) in [5.41, 5.74) is 7.34. The fourth-order valence-corrected chi connectivity index (χ4v) is 6.98. The molecule has 2 saturated carbocycles. The maximum absolute atomic E-state index is 15.0. The van der Waals surface area contributed by atoms with E-state index in [1.807, 2.05) is 0 Å². The average molecular weight is 553 g/mol. The smallest absolute Gasteiger partial charge is 0.258 e. The van der Waals surface area contributed by atoms with E-state index in [1.54, 1.807) is 31.2 Å². The first-order chi connectivity index (χ1) is 18.6. The van der Waals surface area contributed by atoms with Crippen LogP contribution in [0.25, 0.3) is 21.9 Å². The van der Waals surface area contributed by atoms with Gasteiger partial charge in [0.15, 0.2) is 0 Å². The SMILES string of the molecule is Cc1c(F)cc(C(=O)NC2CC2)cc1-c1ccc2c(=O)n(CC3CC3)cc(S(=O)(=O)N3CCC(N)CC3)c2c1. The quantitative estimate of drug-likeness (QED) is 0.466. The lowest BCUT2D eigenvalue weighted by Crippen LogP contribution is -2.43. The summed E-state index contributed by atoms with van der Waals surface area (Å²) in [4.78, 5) is 26.2. The molecular weight excluding hydrogens is 519 g/mol. The van der Waals surface area contributed by atoms with Crippen LogP contribution in [0.3, 0.4) is 0 Å². The fraction of sp³-hybridized carbons (Fsp3) is 0.448. The van der Waals surface area contributed by atoms with Gasteiger partial charge in [0.25, 0.3) is 11.5 Å². The molecule has 1 aliphatic heterocycles. The normalized spacial score (nSPS) is 18.9. The molecule has 3 N–H and O–H groups in total. The van der Waals surface area contributed by atoms with E-state index in [1.165, 1.54) is 21.1 Å². The van der Waals surface area contributed by atoms with E-state index in [2.05, 4.69) is 5.32 Å². The Morgan fingerprint density at radius 3 is 2.44 bits per heavy atom. The molecule has 0 bridgehead atoms. The first-order valence-corrected chi connectivity index (χ1v) is 15.1. The molecule has 206 valence electrons. The van der Waals surface area contributed by atoms with Gasteiger partial charge in [-0.1, -0.05) is 6.07 Å². The molecule has 3 aromatic rings. The van der Waals surface area contributed by atoms with Gasteiger partial charge in [-0.3, -0.25) is 9.59 Å². The molecule has 39 heavy (non-hydrogen) atoms. The summed E-state index contributed by atoms with van der Waals surface area (Å²) in [6.07, 6.45) is 6.47. The van der Waals surface area contributed by atoms with Gasteiger partial charge in [0.05, 0.1) is 0 Å². The monoisotopic (exact) mass is 552 g/mol. The van der Waals surface area contributed by atoms with E-state index in [0.29, 0.717) is 65.9 Å². The summed E-state index contributed by atoms with van der Waals surface area (Å²) >= 11 is 0. The summed E-state index contributed by atoms with van der Waals surface area (Å²) < 4.78 is 45.9. The fourth-order valence-electron chi connectivity index (χ4n) is 5.31. The van der Waals surface area contributed by atoms with Gasteiger partial charge in [-0.2, -0.15) is 4.31 Å². The molecule has 3 aliphatic rings. The third-order valence-corrected chi connectivity index (χ3v) is 10.1. The van der Waals surface area contributed by atoms with E-state index in [-0.39, 0.29) is 34.0 Å². The van der Waals surface area contributed by atoms with Crippen LogP contribution < -0.4 is 16.6 Å². The van der Waals surface area contributed by atoms with Crippen LogP contribution in [0, 0.1) is 18.7 Å². The van der Waals surface area contributed by atoms with Crippen molar-refractivity contribution in [1.82, 2.24) is 14.2 Å². The lowest BCUT2D eigenvalue weighted by molar-refractivity contribution is 0.0950. The number of amides is 1. The number of rotatable bonds is 7. The largest absolute Gasteiger partial charge is 0.349 e. The molecule has 2 heterocycles. The zero-order chi connectivity index (χ0) is 27.5. The Morgan fingerprint density at radius 1 is 1.05 bits per heavy atom. The number of piperidine rings is 1. The Kier molecular flexibility index (Phi) is 6.60. The minimum absolute atomic E-state index is 0.0362. The number of nitrogens with two attached hydrogens (primary N) is 1. The Labute approximate surface area is 227 Å². The molecule has 0 unspecified atom stereocenters. The molecule has 1 aromatic heterocycles. The maximum Gasteiger partial charge on any atom is 0.258 e. The number of nitrogens with one attached hydrogen (secondary N) is 1. The van der Waals surface area contributed by atoms with Gasteiger partial charge in [0.1, 0.15) is 10.7 Å².